The molecule has 0 bridgehead atoms. The minimum atomic E-state index is -4.53. The first-order chi connectivity index (χ1) is 9.29. The number of aromatic nitrogens is 2. The van der Waals surface area contributed by atoms with Gasteiger partial charge in [-0.25, -0.2) is 0 Å². The predicted octanol–water partition coefficient (Wildman–Crippen LogP) is 1.74. The summed E-state index contributed by atoms with van der Waals surface area (Å²) in [4.78, 5) is 11.9. The van der Waals surface area contributed by atoms with Gasteiger partial charge in [0.2, 0.25) is 0 Å². The zero-order valence-electron chi connectivity index (χ0n) is 11.2. The van der Waals surface area contributed by atoms with Crippen molar-refractivity contribution in [2.75, 3.05) is 6.61 Å². The van der Waals surface area contributed by atoms with Gasteiger partial charge in [0.15, 0.2) is 5.69 Å². The number of amides is 1. The van der Waals surface area contributed by atoms with E-state index in [1.165, 1.54) is 0 Å². The molecule has 0 unspecified atom stereocenters. The molecule has 1 aliphatic heterocycles. The second-order valence-corrected chi connectivity index (χ2v) is 4.85. The standard InChI is InChI=1S/C12H16F3N3O2/c1-7(9-4-3-5-20-9)16-11(19)8-6-10(12(13,14)15)18(2)17-8/h6-7,9H,3-5H2,1-2H3,(H,16,19)/t7-,9+/m0/s1. The van der Waals surface area contributed by atoms with Gasteiger partial charge in [-0.05, 0) is 19.8 Å². The molecule has 112 valence electrons. The number of nitrogens with zero attached hydrogens (tertiary/aromatic N) is 2. The Labute approximate surface area is 114 Å². The molecule has 0 aliphatic carbocycles. The van der Waals surface area contributed by atoms with Crippen LogP contribution in [0.4, 0.5) is 13.2 Å². The Hall–Kier alpha value is -1.57. The Morgan fingerprint density at radius 3 is 2.80 bits per heavy atom. The van der Waals surface area contributed by atoms with E-state index in [4.69, 9.17) is 4.74 Å². The second-order valence-electron chi connectivity index (χ2n) is 4.85. The molecule has 1 saturated heterocycles. The van der Waals surface area contributed by atoms with Crippen LogP contribution in [0.25, 0.3) is 0 Å². The molecular formula is C12H16F3N3O2. The zero-order chi connectivity index (χ0) is 14.9. The van der Waals surface area contributed by atoms with E-state index in [-0.39, 0.29) is 17.8 Å². The number of rotatable bonds is 3. The smallest absolute Gasteiger partial charge is 0.376 e. The molecule has 0 spiro atoms. The number of nitrogens with one attached hydrogen (secondary N) is 1. The van der Waals surface area contributed by atoms with Crippen LogP contribution in [0.5, 0.6) is 0 Å². The lowest BCUT2D eigenvalue weighted by Gasteiger charge is -2.19. The number of halogens is 3. The van der Waals surface area contributed by atoms with Crippen LogP contribution in [0, 0.1) is 0 Å². The topological polar surface area (TPSA) is 56.2 Å². The molecule has 2 atom stereocenters. The third-order valence-electron chi connectivity index (χ3n) is 3.28. The fourth-order valence-corrected chi connectivity index (χ4v) is 2.21. The van der Waals surface area contributed by atoms with Crippen molar-refractivity contribution in [1.29, 1.82) is 0 Å². The van der Waals surface area contributed by atoms with Gasteiger partial charge in [0.25, 0.3) is 5.91 Å². The molecule has 1 amide bonds. The summed E-state index contributed by atoms with van der Waals surface area (Å²) in [5.41, 5.74) is -1.20. The fraction of sp³-hybridized carbons (Fsp3) is 0.667. The highest BCUT2D eigenvalue weighted by Crippen LogP contribution is 2.29. The van der Waals surface area contributed by atoms with E-state index in [2.05, 4.69) is 10.4 Å². The summed E-state index contributed by atoms with van der Waals surface area (Å²) in [7, 11) is 1.16. The van der Waals surface area contributed by atoms with Crippen molar-refractivity contribution in [3.05, 3.63) is 17.5 Å². The Kier molecular flexibility index (Phi) is 4.03. The van der Waals surface area contributed by atoms with E-state index < -0.39 is 17.8 Å². The van der Waals surface area contributed by atoms with Gasteiger partial charge >= 0.3 is 6.18 Å². The number of carbonyl (C=O) groups excluding carboxylic acids is 1. The van der Waals surface area contributed by atoms with Crippen LogP contribution in [0.3, 0.4) is 0 Å². The zero-order valence-corrected chi connectivity index (χ0v) is 11.2. The maximum Gasteiger partial charge on any atom is 0.433 e. The van der Waals surface area contributed by atoms with E-state index >= 15 is 0 Å². The SMILES string of the molecule is C[C@H](NC(=O)c1cc(C(F)(F)F)n(C)n1)[C@H]1CCCO1. The Morgan fingerprint density at radius 1 is 1.60 bits per heavy atom. The lowest BCUT2D eigenvalue weighted by Crippen LogP contribution is -2.41. The largest absolute Gasteiger partial charge is 0.433 e. The summed E-state index contributed by atoms with van der Waals surface area (Å²) in [5.74, 6) is -0.626. The van der Waals surface area contributed by atoms with Crippen LogP contribution in [-0.4, -0.2) is 34.4 Å². The van der Waals surface area contributed by atoms with Gasteiger partial charge < -0.3 is 10.1 Å². The van der Waals surface area contributed by atoms with Gasteiger partial charge in [-0.1, -0.05) is 0 Å². The van der Waals surface area contributed by atoms with E-state index in [0.717, 1.165) is 26.0 Å². The van der Waals surface area contributed by atoms with Gasteiger partial charge in [0, 0.05) is 19.7 Å². The molecule has 1 aromatic rings. The highest BCUT2D eigenvalue weighted by atomic mass is 19.4. The van der Waals surface area contributed by atoms with E-state index in [1.807, 2.05) is 0 Å². The van der Waals surface area contributed by atoms with E-state index in [1.54, 1.807) is 6.92 Å². The summed E-state index contributed by atoms with van der Waals surface area (Å²) in [6.07, 6.45) is -2.87. The number of carbonyl (C=O) groups is 1. The van der Waals surface area contributed by atoms with Crippen LogP contribution >= 0.6 is 0 Å². The van der Waals surface area contributed by atoms with Crippen LogP contribution in [-0.2, 0) is 18.0 Å². The monoisotopic (exact) mass is 291 g/mol. The molecule has 1 N–H and O–H groups in total. The third-order valence-corrected chi connectivity index (χ3v) is 3.28. The van der Waals surface area contributed by atoms with Gasteiger partial charge in [-0.2, -0.15) is 18.3 Å². The summed E-state index contributed by atoms with van der Waals surface area (Å²) >= 11 is 0. The molecule has 0 radical (unpaired) electrons. The quantitative estimate of drug-likeness (QED) is 0.923. The third kappa shape index (κ3) is 3.12. The van der Waals surface area contributed by atoms with E-state index in [0.29, 0.717) is 11.3 Å². The van der Waals surface area contributed by atoms with Crippen molar-refractivity contribution in [2.45, 2.75) is 38.1 Å². The average Bonchev–Trinajstić information content (AvgIpc) is 2.95. The molecule has 1 aliphatic rings. The van der Waals surface area contributed by atoms with Crippen molar-refractivity contribution in [3.63, 3.8) is 0 Å². The van der Waals surface area contributed by atoms with Crippen LogP contribution in [0.2, 0.25) is 0 Å². The van der Waals surface area contributed by atoms with Crippen molar-refractivity contribution < 1.29 is 22.7 Å². The van der Waals surface area contributed by atoms with Crippen molar-refractivity contribution >= 4 is 5.91 Å². The molecule has 2 rings (SSSR count). The molecule has 0 saturated carbocycles. The molecule has 20 heavy (non-hydrogen) atoms. The normalized spacial score (nSPS) is 20.9. The van der Waals surface area contributed by atoms with Crippen LogP contribution < -0.4 is 5.32 Å². The van der Waals surface area contributed by atoms with Crippen molar-refractivity contribution in [3.8, 4) is 0 Å². The van der Waals surface area contributed by atoms with Crippen LogP contribution in [0.1, 0.15) is 35.9 Å². The maximum absolute atomic E-state index is 12.6. The molecular weight excluding hydrogens is 275 g/mol. The lowest BCUT2D eigenvalue weighted by atomic mass is 10.1. The molecule has 8 heteroatoms. The first-order valence-electron chi connectivity index (χ1n) is 6.32. The summed E-state index contributed by atoms with van der Waals surface area (Å²) < 4.78 is 43.9. The van der Waals surface area contributed by atoms with Gasteiger partial charge in [-0.3, -0.25) is 9.48 Å². The first kappa shape index (κ1) is 14.8. The van der Waals surface area contributed by atoms with Gasteiger partial charge in [-0.15, -0.1) is 0 Å². The molecule has 0 aromatic carbocycles. The lowest BCUT2D eigenvalue weighted by molar-refractivity contribution is -0.143. The highest BCUT2D eigenvalue weighted by Gasteiger charge is 2.36. The highest BCUT2D eigenvalue weighted by molar-refractivity contribution is 5.92. The number of hydrogen-bond donors (Lipinski definition) is 1. The Bertz CT molecular complexity index is 493. The number of alkyl halides is 3. The molecule has 1 fully saturated rings. The Balaban J connectivity index is 2.06. The molecule has 2 heterocycles. The number of aryl methyl sites for hydroxylation is 1. The van der Waals surface area contributed by atoms with E-state index in [9.17, 15) is 18.0 Å². The predicted molar refractivity (Wildman–Crippen MR) is 64.1 cm³/mol. The summed E-state index contributed by atoms with van der Waals surface area (Å²) in [6.45, 7) is 2.41. The number of ether oxygens (including phenoxy) is 1. The fourth-order valence-electron chi connectivity index (χ4n) is 2.21. The van der Waals surface area contributed by atoms with Crippen molar-refractivity contribution in [1.82, 2.24) is 15.1 Å². The van der Waals surface area contributed by atoms with Gasteiger partial charge in [0.05, 0.1) is 12.1 Å². The molecule has 5 nitrogen and oxygen atoms in total. The van der Waals surface area contributed by atoms with Crippen LogP contribution in [0.15, 0.2) is 6.07 Å². The summed E-state index contributed by atoms with van der Waals surface area (Å²) in [6, 6.07) is 0.485. The maximum atomic E-state index is 12.6. The minimum absolute atomic E-state index is 0.0928. The molecule has 1 aromatic heterocycles. The average molecular weight is 291 g/mol. The van der Waals surface area contributed by atoms with Gasteiger partial charge in [0.1, 0.15) is 5.69 Å². The number of hydrogen-bond acceptors (Lipinski definition) is 3. The minimum Gasteiger partial charge on any atom is -0.376 e. The first-order valence-corrected chi connectivity index (χ1v) is 6.32. The Morgan fingerprint density at radius 2 is 2.30 bits per heavy atom. The van der Waals surface area contributed by atoms with Crippen molar-refractivity contribution in [2.24, 2.45) is 7.05 Å². The summed E-state index contributed by atoms with van der Waals surface area (Å²) in [5, 5.41) is 6.22. The second kappa shape index (κ2) is 5.43.